The molecule has 0 unspecified atom stereocenters. The van der Waals surface area contributed by atoms with Gasteiger partial charge in [-0.15, -0.1) is 0 Å². The fourth-order valence-electron chi connectivity index (χ4n) is 3.06. The lowest BCUT2D eigenvalue weighted by Crippen LogP contribution is -2.23. The van der Waals surface area contributed by atoms with Gasteiger partial charge in [0.2, 0.25) is 11.9 Å². The van der Waals surface area contributed by atoms with Gasteiger partial charge in [-0.3, -0.25) is 0 Å². The Labute approximate surface area is 167 Å². The third-order valence-corrected chi connectivity index (χ3v) is 5.12. The van der Waals surface area contributed by atoms with Crippen molar-refractivity contribution in [1.29, 1.82) is 0 Å². The zero-order chi connectivity index (χ0) is 19.9. The van der Waals surface area contributed by atoms with E-state index >= 15 is 0 Å². The van der Waals surface area contributed by atoms with Gasteiger partial charge in [0.05, 0.1) is 22.2 Å². The molecular weight excluding hydrogens is 378 g/mol. The molecule has 1 saturated carbocycles. The van der Waals surface area contributed by atoms with E-state index in [2.05, 4.69) is 25.6 Å². The number of nitrogens with two attached hydrogens (primary N) is 1. The molecule has 1 fully saturated rings. The van der Waals surface area contributed by atoms with Gasteiger partial charge in [0.15, 0.2) is 0 Å². The van der Waals surface area contributed by atoms with Crippen molar-refractivity contribution >= 4 is 40.2 Å². The first-order valence-electron chi connectivity index (χ1n) is 9.13. The number of rotatable bonds is 6. The smallest absolute Gasteiger partial charge is 0.228 e. The summed E-state index contributed by atoms with van der Waals surface area (Å²) in [6.45, 7) is 4.18. The van der Waals surface area contributed by atoms with Crippen LogP contribution in [0.3, 0.4) is 0 Å². The lowest BCUT2D eigenvalue weighted by molar-refractivity contribution is 0.164. The molecule has 1 atom stereocenters. The first kappa shape index (κ1) is 18.6. The molecule has 2 aromatic heterocycles. The van der Waals surface area contributed by atoms with E-state index in [9.17, 15) is 5.11 Å². The van der Waals surface area contributed by atoms with Crippen LogP contribution in [0.15, 0.2) is 24.3 Å². The number of nitrogen functional groups attached to an aromatic ring is 1. The minimum Gasteiger partial charge on any atom is -0.388 e. The minimum absolute atomic E-state index is 0.167. The third-order valence-electron chi connectivity index (χ3n) is 4.81. The zero-order valence-electron chi connectivity index (χ0n) is 15.7. The van der Waals surface area contributed by atoms with Gasteiger partial charge in [-0.05, 0) is 38.8 Å². The van der Waals surface area contributed by atoms with Crippen molar-refractivity contribution in [3.8, 4) is 0 Å². The Hall–Kier alpha value is -2.71. The number of nitrogens with zero attached hydrogens (tertiary/aromatic N) is 4. The summed E-state index contributed by atoms with van der Waals surface area (Å²) < 4.78 is 0. The van der Waals surface area contributed by atoms with Crippen LogP contribution in [0, 0.1) is 6.92 Å². The van der Waals surface area contributed by atoms with Crippen molar-refractivity contribution in [3.63, 3.8) is 0 Å². The molecule has 0 spiro atoms. The number of pyridine rings is 1. The number of aryl methyl sites for hydroxylation is 1. The lowest BCUT2D eigenvalue weighted by atomic mass is 10.1. The highest BCUT2D eigenvalue weighted by Gasteiger charge is 2.40. The molecule has 28 heavy (non-hydrogen) atoms. The first-order valence-corrected chi connectivity index (χ1v) is 9.51. The number of halogens is 1. The molecule has 0 bridgehead atoms. The predicted octanol–water partition coefficient (Wildman–Crippen LogP) is 3.07. The highest BCUT2D eigenvalue weighted by atomic mass is 35.5. The summed E-state index contributed by atoms with van der Waals surface area (Å²) in [6, 6.07) is 7.53. The SMILES string of the molecule is Cc1nc(N)nc(N[C@@H](C)c2cc3cccc(Cl)c3nc2NCC2(O)CC2)n1. The number of hydrogen-bond donors (Lipinski definition) is 4. The number of hydrogen-bond acceptors (Lipinski definition) is 8. The lowest BCUT2D eigenvalue weighted by Gasteiger charge is -2.20. The molecule has 1 aliphatic rings. The maximum atomic E-state index is 10.2. The van der Waals surface area contributed by atoms with E-state index in [-0.39, 0.29) is 12.0 Å². The topological polar surface area (TPSA) is 122 Å². The van der Waals surface area contributed by atoms with Gasteiger partial charge in [0.1, 0.15) is 11.6 Å². The van der Waals surface area contributed by atoms with E-state index in [4.69, 9.17) is 22.3 Å². The van der Waals surface area contributed by atoms with Crippen LogP contribution in [0.4, 0.5) is 17.7 Å². The summed E-state index contributed by atoms with van der Waals surface area (Å²) in [6.07, 6.45) is 1.59. The van der Waals surface area contributed by atoms with E-state index in [1.165, 1.54) is 0 Å². The Balaban J connectivity index is 1.70. The summed E-state index contributed by atoms with van der Waals surface area (Å²) in [7, 11) is 0. The molecule has 1 aliphatic carbocycles. The van der Waals surface area contributed by atoms with Gasteiger partial charge < -0.3 is 21.5 Å². The monoisotopic (exact) mass is 399 g/mol. The van der Waals surface area contributed by atoms with Crippen molar-refractivity contribution < 1.29 is 5.11 Å². The number of aliphatic hydroxyl groups is 1. The van der Waals surface area contributed by atoms with Crippen LogP contribution in [-0.2, 0) is 0 Å². The summed E-state index contributed by atoms with van der Waals surface area (Å²) in [5, 5.41) is 18.3. The maximum absolute atomic E-state index is 10.2. The Kier molecular flexibility index (Phi) is 4.68. The average Bonchev–Trinajstić information content (AvgIpc) is 3.36. The van der Waals surface area contributed by atoms with Gasteiger partial charge in [0.25, 0.3) is 0 Å². The molecule has 1 aromatic carbocycles. The number of aromatic nitrogens is 4. The fraction of sp³-hybridized carbons (Fsp3) is 0.368. The van der Waals surface area contributed by atoms with E-state index < -0.39 is 5.60 Å². The minimum atomic E-state index is -0.648. The van der Waals surface area contributed by atoms with Crippen molar-refractivity contribution in [1.82, 2.24) is 19.9 Å². The Morgan fingerprint density at radius 1 is 1.25 bits per heavy atom. The van der Waals surface area contributed by atoms with Gasteiger partial charge in [-0.25, -0.2) is 4.98 Å². The largest absolute Gasteiger partial charge is 0.388 e. The summed E-state index contributed by atoms with van der Waals surface area (Å²) in [4.78, 5) is 17.2. The first-order chi connectivity index (χ1) is 13.3. The number of anilines is 3. The molecular formula is C19H22ClN7O. The molecule has 0 radical (unpaired) electrons. The maximum Gasteiger partial charge on any atom is 0.228 e. The fourth-order valence-corrected chi connectivity index (χ4v) is 3.28. The Bertz CT molecular complexity index is 1020. The van der Waals surface area contributed by atoms with Crippen LogP contribution in [0.5, 0.6) is 0 Å². The molecule has 0 amide bonds. The summed E-state index contributed by atoms with van der Waals surface area (Å²) >= 11 is 6.33. The van der Waals surface area contributed by atoms with E-state index in [0.29, 0.717) is 34.7 Å². The summed E-state index contributed by atoms with van der Waals surface area (Å²) in [5.41, 5.74) is 6.71. The second kappa shape index (κ2) is 7.03. The quantitative estimate of drug-likeness (QED) is 0.498. The van der Waals surface area contributed by atoms with Crippen LogP contribution in [-0.4, -0.2) is 37.2 Å². The normalized spacial score (nSPS) is 16.0. The molecule has 3 aromatic rings. The molecule has 2 heterocycles. The number of para-hydroxylation sites is 1. The summed E-state index contributed by atoms with van der Waals surface area (Å²) in [5.74, 6) is 1.77. The van der Waals surface area contributed by atoms with E-state index in [1.807, 2.05) is 31.2 Å². The van der Waals surface area contributed by atoms with Gasteiger partial charge in [-0.1, -0.05) is 23.7 Å². The van der Waals surface area contributed by atoms with Gasteiger partial charge in [0, 0.05) is 17.5 Å². The van der Waals surface area contributed by atoms with Crippen LogP contribution in [0.25, 0.3) is 10.9 Å². The average molecular weight is 400 g/mol. The van der Waals surface area contributed by atoms with Crippen LogP contribution < -0.4 is 16.4 Å². The molecule has 0 saturated heterocycles. The molecule has 8 nitrogen and oxygen atoms in total. The van der Waals surface area contributed by atoms with Crippen molar-refractivity contribution in [3.05, 3.63) is 40.7 Å². The van der Waals surface area contributed by atoms with Gasteiger partial charge >= 0.3 is 0 Å². The van der Waals surface area contributed by atoms with Crippen LogP contribution >= 0.6 is 11.6 Å². The Morgan fingerprint density at radius 3 is 2.75 bits per heavy atom. The van der Waals surface area contributed by atoms with E-state index in [0.717, 1.165) is 23.8 Å². The molecule has 0 aliphatic heterocycles. The Morgan fingerprint density at radius 2 is 2.04 bits per heavy atom. The van der Waals surface area contributed by atoms with Gasteiger partial charge in [-0.2, -0.15) is 15.0 Å². The van der Waals surface area contributed by atoms with Crippen molar-refractivity contribution in [2.45, 2.75) is 38.3 Å². The number of benzene rings is 1. The second-order valence-corrected chi connectivity index (χ2v) is 7.65. The number of nitrogens with one attached hydrogen (secondary N) is 2. The third kappa shape index (κ3) is 3.93. The second-order valence-electron chi connectivity index (χ2n) is 7.25. The number of fused-ring (bicyclic) bond motifs is 1. The zero-order valence-corrected chi connectivity index (χ0v) is 16.5. The van der Waals surface area contributed by atoms with E-state index in [1.54, 1.807) is 6.92 Å². The molecule has 9 heteroatoms. The van der Waals surface area contributed by atoms with Crippen molar-refractivity contribution in [2.75, 3.05) is 22.9 Å². The highest BCUT2D eigenvalue weighted by molar-refractivity contribution is 6.35. The highest BCUT2D eigenvalue weighted by Crippen LogP contribution is 2.36. The molecule has 5 N–H and O–H groups in total. The van der Waals surface area contributed by atoms with Crippen molar-refractivity contribution in [2.24, 2.45) is 0 Å². The predicted molar refractivity (Wildman–Crippen MR) is 110 cm³/mol. The molecule has 146 valence electrons. The van der Waals surface area contributed by atoms with Crippen LogP contribution in [0.2, 0.25) is 5.02 Å². The molecule has 4 rings (SSSR count). The van der Waals surface area contributed by atoms with Crippen LogP contribution in [0.1, 0.15) is 37.2 Å². The standard InChI is InChI=1S/C19H22ClN7O/c1-10(23-18-25-11(2)24-17(21)27-18)13-8-12-4-3-5-14(20)15(12)26-16(13)22-9-19(28)6-7-19/h3-5,8,10,28H,6-7,9H2,1-2H3,(H,22,26)(H3,21,23,24,25,27)/t10-/m0/s1.